The number of nitrogens with zero attached hydrogens (tertiary/aromatic N) is 3. The molecule has 0 unspecified atom stereocenters. The number of hydrogen-bond acceptors (Lipinski definition) is 9. The number of thiazole rings is 1. The summed E-state index contributed by atoms with van der Waals surface area (Å²) in [6, 6.07) is 12.1. The highest BCUT2D eigenvalue weighted by Gasteiger charge is 2.30. The number of hydrogen-bond donors (Lipinski definition) is 2. The number of aliphatic imine (C=N–C) groups is 1. The number of halogens is 2. The van der Waals surface area contributed by atoms with E-state index in [1.807, 2.05) is 12.1 Å². The largest absolute Gasteiger partial charge is 0.495 e. The molecule has 1 saturated heterocycles. The monoisotopic (exact) mass is 625 g/mol. The van der Waals surface area contributed by atoms with Crippen LogP contribution in [0.1, 0.15) is 37.0 Å². The number of piperidine rings is 1. The molecule has 2 N–H and O–H groups in total. The maximum Gasteiger partial charge on any atom is 0.275 e. The molecule has 0 saturated carbocycles. The van der Waals surface area contributed by atoms with Gasteiger partial charge < -0.3 is 29.7 Å². The second kappa shape index (κ2) is 14.5. The first-order valence-corrected chi connectivity index (χ1v) is 14.8. The number of likely N-dealkylation sites (tertiary alicyclic amines) is 1. The van der Waals surface area contributed by atoms with Gasteiger partial charge in [-0.25, -0.2) is 18.8 Å². The van der Waals surface area contributed by atoms with Crippen LogP contribution in [0.3, 0.4) is 0 Å². The molecule has 1 aromatic heterocycles. The van der Waals surface area contributed by atoms with E-state index in [-0.39, 0.29) is 23.5 Å². The Bertz CT molecular complexity index is 1540. The molecular formula is C32H37F2N5O4S. The number of amides is 1. The first-order chi connectivity index (χ1) is 21.0. The number of allylic oxidation sites excluding steroid dienone is 2. The van der Waals surface area contributed by atoms with Crippen molar-refractivity contribution in [2.75, 3.05) is 39.7 Å². The van der Waals surface area contributed by atoms with Gasteiger partial charge in [-0.1, -0.05) is 30.0 Å². The van der Waals surface area contributed by atoms with Crippen molar-refractivity contribution in [1.29, 1.82) is 0 Å². The first kappa shape index (κ1) is 32.6. The standard InChI is InChI=1S/C32H37F2N5O4S/c1-20(43-27-10-8-7-9-24(27)29-19-36-31(42-6)44-29)25(32(3,33)34)18-35-21(2)37-26-12-11-22(17-28(26)41-5)30(40)38-23-13-15-39(4)16-14-23/h7-12,17-19,23,37H,2,13-16H2,1,3-6H3,(H,38,40)/b25-20-,35-18-. The fourth-order valence-corrected chi connectivity index (χ4v) is 5.42. The van der Waals surface area contributed by atoms with Crippen LogP contribution in [0, 0.1) is 0 Å². The van der Waals surface area contributed by atoms with Gasteiger partial charge in [-0.15, -0.1) is 0 Å². The van der Waals surface area contributed by atoms with Crippen molar-refractivity contribution < 1.29 is 27.8 Å². The fourth-order valence-electron chi connectivity index (χ4n) is 4.66. The Morgan fingerprint density at radius 2 is 1.89 bits per heavy atom. The van der Waals surface area contributed by atoms with E-state index in [9.17, 15) is 13.6 Å². The highest BCUT2D eigenvalue weighted by Crippen LogP contribution is 2.38. The SMILES string of the molecule is C=C(/N=C\C(=C(/C)Oc1ccccc1-c1cnc(OC)s1)C(C)(F)F)Nc1ccc(C(=O)NC2CCN(C)CC2)cc1OC. The Kier molecular flexibility index (Phi) is 10.7. The van der Waals surface area contributed by atoms with Crippen molar-refractivity contribution in [3.8, 4) is 27.1 Å². The number of methoxy groups -OCH3 is 2. The molecule has 1 amide bonds. The van der Waals surface area contributed by atoms with Crippen molar-refractivity contribution in [2.24, 2.45) is 4.99 Å². The van der Waals surface area contributed by atoms with Gasteiger partial charge in [0, 0.05) is 36.5 Å². The number of carbonyl (C=O) groups excluding carboxylic acids is 1. The predicted octanol–water partition coefficient (Wildman–Crippen LogP) is 6.61. The van der Waals surface area contributed by atoms with E-state index < -0.39 is 11.5 Å². The van der Waals surface area contributed by atoms with Crippen LogP contribution in [0.5, 0.6) is 16.7 Å². The van der Waals surface area contributed by atoms with Crippen molar-refractivity contribution in [3.05, 3.63) is 78.0 Å². The van der Waals surface area contributed by atoms with Gasteiger partial charge in [-0.2, -0.15) is 0 Å². The number of benzene rings is 2. The van der Waals surface area contributed by atoms with Gasteiger partial charge >= 0.3 is 0 Å². The molecule has 9 nitrogen and oxygen atoms in total. The zero-order chi connectivity index (χ0) is 31.9. The van der Waals surface area contributed by atoms with E-state index >= 15 is 0 Å². The topological polar surface area (TPSA) is 97.3 Å². The summed E-state index contributed by atoms with van der Waals surface area (Å²) >= 11 is 1.31. The van der Waals surface area contributed by atoms with Gasteiger partial charge in [0.1, 0.15) is 23.1 Å². The molecule has 0 spiro atoms. The second-order valence-electron chi connectivity index (χ2n) is 10.4. The Labute approximate surface area is 260 Å². The molecular weight excluding hydrogens is 588 g/mol. The highest BCUT2D eigenvalue weighted by molar-refractivity contribution is 7.16. The van der Waals surface area contributed by atoms with Gasteiger partial charge in [0.25, 0.3) is 17.0 Å². The number of para-hydroxylation sites is 1. The quantitative estimate of drug-likeness (QED) is 0.173. The van der Waals surface area contributed by atoms with E-state index in [0.717, 1.165) is 43.9 Å². The van der Waals surface area contributed by atoms with Crippen LogP contribution in [0.25, 0.3) is 10.4 Å². The van der Waals surface area contributed by atoms with E-state index in [4.69, 9.17) is 14.2 Å². The average Bonchev–Trinajstić information content (AvgIpc) is 3.47. The molecule has 1 aliphatic heterocycles. The Morgan fingerprint density at radius 3 is 2.55 bits per heavy atom. The zero-order valence-electron chi connectivity index (χ0n) is 25.4. The molecule has 4 rings (SSSR count). The van der Waals surface area contributed by atoms with Gasteiger partial charge in [0.15, 0.2) is 0 Å². The van der Waals surface area contributed by atoms with Crippen LogP contribution in [0.2, 0.25) is 0 Å². The minimum absolute atomic E-state index is 0.0319. The minimum atomic E-state index is -3.27. The van der Waals surface area contributed by atoms with E-state index in [1.165, 1.54) is 32.5 Å². The number of carbonyl (C=O) groups is 1. The summed E-state index contributed by atoms with van der Waals surface area (Å²) in [5.41, 5.74) is 1.18. The molecule has 44 heavy (non-hydrogen) atoms. The number of ether oxygens (including phenoxy) is 3. The molecule has 2 heterocycles. The predicted molar refractivity (Wildman–Crippen MR) is 170 cm³/mol. The van der Waals surface area contributed by atoms with Crippen LogP contribution in [-0.2, 0) is 0 Å². The maximum atomic E-state index is 14.8. The molecule has 0 radical (unpaired) electrons. The fraction of sp³-hybridized carbons (Fsp3) is 0.344. The maximum absolute atomic E-state index is 14.8. The van der Waals surface area contributed by atoms with Crippen molar-refractivity contribution in [1.82, 2.24) is 15.2 Å². The molecule has 0 aliphatic carbocycles. The van der Waals surface area contributed by atoms with Gasteiger partial charge in [-0.3, -0.25) is 4.79 Å². The summed E-state index contributed by atoms with van der Waals surface area (Å²) in [6.07, 6.45) is 4.45. The van der Waals surface area contributed by atoms with Crippen LogP contribution in [0.15, 0.2) is 77.4 Å². The van der Waals surface area contributed by atoms with Gasteiger partial charge in [0.2, 0.25) is 0 Å². The number of alkyl halides is 2. The van der Waals surface area contributed by atoms with Crippen molar-refractivity contribution in [3.63, 3.8) is 0 Å². The third kappa shape index (κ3) is 8.42. The van der Waals surface area contributed by atoms with E-state index in [0.29, 0.717) is 33.5 Å². The Morgan fingerprint density at radius 1 is 1.16 bits per heavy atom. The van der Waals surface area contributed by atoms with Crippen molar-refractivity contribution in [2.45, 2.75) is 38.7 Å². The first-order valence-electron chi connectivity index (χ1n) is 14.0. The van der Waals surface area contributed by atoms with Crippen molar-refractivity contribution >= 4 is 29.1 Å². The summed E-state index contributed by atoms with van der Waals surface area (Å²) in [5.74, 6) is -2.64. The number of anilines is 1. The van der Waals surface area contributed by atoms with Gasteiger partial charge in [-0.05, 0) is 70.2 Å². The molecule has 12 heteroatoms. The second-order valence-corrected chi connectivity index (χ2v) is 11.4. The molecule has 1 fully saturated rings. The lowest BCUT2D eigenvalue weighted by Gasteiger charge is -2.29. The van der Waals surface area contributed by atoms with Crippen LogP contribution in [0.4, 0.5) is 14.5 Å². The smallest absolute Gasteiger partial charge is 0.275 e. The molecule has 2 aromatic carbocycles. The lowest BCUT2D eigenvalue weighted by Crippen LogP contribution is -2.43. The number of nitrogens with one attached hydrogen (secondary N) is 2. The lowest BCUT2D eigenvalue weighted by molar-refractivity contribution is 0.0667. The summed E-state index contributed by atoms with van der Waals surface area (Å²) < 4.78 is 46.1. The molecule has 0 bridgehead atoms. The Hall–Kier alpha value is -4.29. The van der Waals surface area contributed by atoms with Gasteiger partial charge in [0.05, 0.1) is 30.4 Å². The number of rotatable bonds is 12. The minimum Gasteiger partial charge on any atom is -0.495 e. The zero-order valence-corrected chi connectivity index (χ0v) is 26.3. The summed E-state index contributed by atoms with van der Waals surface area (Å²) in [5, 5.41) is 6.52. The average molecular weight is 626 g/mol. The van der Waals surface area contributed by atoms with E-state index in [2.05, 4.69) is 39.1 Å². The van der Waals surface area contributed by atoms with Crippen LogP contribution in [-0.4, -0.2) is 68.3 Å². The molecule has 234 valence electrons. The van der Waals surface area contributed by atoms with E-state index in [1.54, 1.807) is 36.5 Å². The number of aromatic nitrogens is 1. The normalized spacial score (nSPS) is 15.1. The summed E-state index contributed by atoms with van der Waals surface area (Å²) in [4.78, 5) is 24.2. The molecule has 0 atom stereocenters. The molecule has 1 aliphatic rings. The lowest BCUT2D eigenvalue weighted by atomic mass is 10.0. The van der Waals surface area contributed by atoms with Crippen LogP contribution < -0.4 is 24.8 Å². The third-order valence-electron chi connectivity index (χ3n) is 7.07. The third-order valence-corrected chi connectivity index (χ3v) is 8.06. The van der Waals surface area contributed by atoms with Crippen LogP contribution >= 0.6 is 11.3 Å². The highest BCUT2D eigenvalue weighted by atomic mass is 32.1. The summed E-state index contributed by atoms with van der Waals surface area (Å²) in [7, 11) is 5.07. The Balaban J connectivity index is 1.48. The molecule has 3 aromatic rings. The summed E-state index contributed by atoms with van der Waals surface area (Å²) in [6.45, 7) is 7.95.